The van der Waals surface area contributed by atoms with Crippen LogP contribution in [0.1, 0.15) is 40.3 Å². The molecule has 0 unspecified atom stereocenters. The Hall–Kier alpha value is -4.22. The normalized spacial score (nSPS) is 14.0. The fourth-order valence-corrected chi connectivity index (χ4v) is 3.32. The molecule has 188 valence electrons. The topological polar surface area (TPSA) is 115 Å². The molecule has 0 spiro atoms. The van der Waals surface area contributed by atoms with Crippen molar-refractivity contribution in [3.05, 3.63) is 71.6 Å². The number of rotatable bonds is 8. The number of aromatic nitrogens is 3. The summed E-state index contributed by atoms with van der Waals surface area (Å²) in [5, 5.41) is 5.46. The summed E-state index contributed by atoms with van der Waals surface area (Å²) in [5.41, 5.74) is -1.28. The SMILES string of the molecule is COc1ccc(Oc2ccc(CNC(=O)C3(NC(=O)c4cnc(C)nc4)CC3)nc2)c(C(F)(F)F)c1. The molecule has 1 aromatic carbocycles. The van der Waals surface area contributed by atoms with E-state index in [1.54, 1.807) is 6.92 Å². The fraction of sp³-hybridized carbons (Fsp3) is 0.292. The van der Waals surface area contributed by atoms with Crippen molar-refractivity contribution in [2.75, 3.05) is 7.11 Å². The lowest BCUT2D eigenvalue weighted by atomic mass is 10.2. The summed E-state index contributed by atoms with van der Waals surface area (Å²) in [4.78, 5) is 37.2. The van der Waals surface area contributed by atoms with E-state index in [0.29, 0.717) is 24.4 Å². The van der Waals surface area contributed by atoms with Crippen molar-refractivity contribution < 1.29 is 32.2 Å². The van der Waals surface area contributed by atoms with Crippen LogP contribution in [-0.2, 0) is 17.5 Å². The Balaban J connectivity index is 1.35. The van der Waals surface area contributed by atoms with Gasteiger partial charge in [0.1, 0.15) is 34.2 Å². The average Bonchev–Trinajstić information content (AvgIpc) is 3.64. The minimum absolute atomic E-state index is 0.0516. The molecule has 1 aliphatic rings. The molecular weight excluding hydrogens is 479 g/mol. The molecule has 2 heterocycles. The van der Waals surface area contributed by atoms with Crippen LogP contribution in [0.3, 0.4) is 0 Å². The van der Waals surface area contributed by atoms with Gasteiger partial charge in [0.15, 0.2) is 0 Å². The fourth-order valence-electron chi connectivity index (χ4n) is 3.32. The van der Waals surface area contributed by atoms with Gasteiger partial charge in [0.25, 0.3) is 5.91 Å². The summed E-state index contributed by atoms with van der Waals surface area (Å²) in [6, 6.07) is 6.35. The first kappa shape index (κ1) is 24.9. The van der Waals surface area contributed by atoms with Gasteiger partial charge >= 0.3 is 6.18 Å². The van der Waals surface area contributed by atoms with Crippen molar-refractivity contribution in [1.29, 1.82) is 0 Å². The van der Waals surface area contributed by atoms with Crippen molar-refractivity contribution in [1.82, 2.24) is 25.6 Å². The summed E-state index contributed by atoms with van der Waals surface area (Å²) in [6.07, 6.45) is 0.382. The number of halogens is 3. The third-order valence-electron chi connectivity index (χ3n) is 5.53. The monoisotopic (exact) mass is 501 g/mol. The molecule has 0 saturated heterocycles. The molecule has 0 aliphatic heterocycles. The van der Waals surface area contributed by atoms with Crippen LogP contribution in [0.15, 0.2) is 48.9 Å². The molecule has 0 bridgehead atoms. The minimum atomic E-state index is -4.64. The highest BCUT2D eigenvalue weighted by atomic mass is 19.4. The van der Waals surface area contributed by atoms with E-state index in [0.717, 1.165) is 6.07 Å². The molecule has 2 amide bonds. The van der Waals surface area contributed by atoms with Crippen LogP contribution in [0.4, 0.5) is 13.2 Å². The van der Waals surface area contributed by atoms with Gasteiger partial charge in [-0.3, -0.25) is 14.6 Å². The molecule has 0 radical (unpaired) electrons. The molecule has 12 heteroatoms. The summed E-state index contributed by atoms with van der Waals surface area (Å²) in [5.74, 6) is -0.531. The first-order valence-electron chi connectivity index (χ1n) is 10.9. The van der Waals surface area contributed by atoms with E-state index in [1.165, 1.54) is 50.0 Å². The van der Waals surface area contributed by atoms with Crippen LogP contribution >= 0.6 is 0 Å². The predicted molar refractivity (Wildman–Crippen MR) is 120 cm³/mol. The third kappa shape index (κ3) is 5.70. The van der Waals surface area contributed by atoms with Gasteiger partial charge in [0, 0.05) is 12.4 Å². The second kappa shape index (κ2) is 9.80. The first-order valence-corrected chi connectivity index (χ1v) is 10.9. The molecule has 3 aromatic rings. The lowest BCUT2D eigenvalue weighted by Gasteiger charge is -2.17. The zero-order chi connectivity index (χ0) is 25.9. The van der Waals surface area contributed by atoms with Gasteiger partial charge in [-0.25, -0.2) is 9.97 Å². The Morgan fingerprint density at radius 2 is 1.72 bits per heavy atom. The lowest BCUT2D eigenvalue weighted by molar-refractivity contribution is -0.138. The number of nitrogens with one attached hydrogen (secondary N) is 2. The largest absolute Gasteiger partial charge is 0.497 e. The number of alkyl halides is 3. The van der Waals surface area contributed by atoms with E-state index < -0.39 is 28.9 Å². The number of ether oxygens (including phenoxy) is 2. The second-order valence-electron chi connectivity index (χ2n) is 8.19. The molecule has 2 N–H and O–H groups in total. The average molecular weight is 501 g/mol. The van der Waals surface area contributed by atoms with Crippen molar-refractivity contribution in [3.63, 3.8) is 0 Å². The van der Waals surface area contributed by atoms with Gasteiger partial charge in [0.05, 0.1) is 31.1 Å². The summed E-state index contributed by atoms with van der Waals surface area (Å²) >= 11 is 0. The third-order valence-corrected chi connectivity index (χ3v) is 5.53. The maximum atomic E-state index is 13.4. The molecule has 0 atom stereocenters. The first-order chi connectivity index (χ1) is 17.1. The van der Waals surface area contributed by atoms with Crippen LogP contribution in [0, 0.1) is 6.92 Å². The summed E-state index contributed by atoms with van der Waals surface area (Å²) in [7, 11) is 1.27. The Morgan fingerprint density at radius 1 is 1.03 bits per heavy atom. The van der Waals surface area contributed by atoms with Crippen LogP contribution in [0.25, 0.3) is 0 Å². The van der Waals surface area contributed by atoms with E-state index in [4.69, 9.17) is 9.47 Å². The Kier molecular flexibility index (Phi) is 6.77. The van der Waals surface area contributed by atoms with Crippen molar-refractivity contribution in [2.24, 2.45) is 0 Å². The van der Waals surface area contributed by atoms with Gasteiger partial charge in [0.2, 0.25) is 5.91 Å². The van der Waals surface area contributed by atoms with Gasteiger partial charge in [-0.05, 0) is 50.1 Å². The van der Waals surface area contributed by atoms with E-state index in [1.807, 2.05) is 0 Å². The van der Waals surface area contributed by atoms with Crippen LogP contribution < -0.4 is 20.1 Å². The highest BCUT2D eigenvalue weighted by molar-refractivity contribution is 6.00. The minimum Gasteiger partial charge on any atom is -0.497 e. The van der Waals surface area contributed by atoms with Gasteiger partial charge in [-0.1, -0.05) is 0 Å². The smallest absolute Gasteiger partial charge is 0.420 e. The van der Waals surface area contributed by atoms with Crippen molar-refractivity contribution >= 4 is 11.8 Å². The number of methoxy groups -OCH3 is 1. The number of carbonyl (C=O) groups is 2. The van der Waals surface area contributed by atoms with Gasteiger partial charge in [-0.2, -0.15) is 13.2 Å². The zero-order valence-corrected chi connectivity index (χ0v) is 19.3. The number of carbonyl (C=O) groups excluding carboxylic acids is 2. The standard InChI is InChI=1S/C24H22F3N5O4/c1-14-28-10-15(11-29-14)21(33)32-23(7-8-23)22(34)31-12-16-3-4-18(13-30-16)36-20-6-5-17(35-2)9-19(20)24(25,26)27/h3-6,9-11,13H,7-8,12H2,1-2H3,(H,31,34)(H,32,33). The Labute approximate surface area is 204 Å². The number of nitrogens with zero attached hydrogens (tertiary/aromatic N) is 3. The number of aryl methyl sites for hydroxylation is 1. The number of hydrogen-bond acceptors (Lipinski definition) is 7. The van der Waals surface area contributed by atoms with Gasteiger partial charge in [-0.15, -0.1) is 0 Å². The van der Waals surface area contributed by atoms with E-state index >= 15 is 0 Å². The van der Waals surface area contributed by atoms with Crippen LogP contribution in [0.2, 0.25) is 0 Å². The second-order valence-corrected chi connectivity index (χ2v) is 8.19. The van der Waals surface area contributed by atoms with Crippen LogP contribution in [0.5, 0.6) is 17.2 Å². The highest BCUT2D eigenvalue weighted by Gasteiger charge is 2.51. The Bertz CT molecular complexity index is 1260. The molecule has 36 heavy (non-hydrogen) atoms. The van der Waals surface area contributed by atoms with Crippen molar-refractivity contribution in [3.8, 4) is 17.2 Å². The molecule has 4 rings (SSSR count). The predicted octanol–water partition coefficient (Wildman–Crippen LogP) is 3.58. The molecule has 1 fully saturated rings. The van der Waals surface area contributed by atoms with E-state index in [9.17, 15) is 22.8 Å². The molecule has 9 nitrogen and oxygen atoms in total. The molecule has 1 aliphatic carbocycles. The van der Waals surface area contributed by atoms with E-state index in [-0.39, 0.29) is 29.5 Å². The van der Waals surface area contributed by atoms with E-state index in [2.05, 4.69) is 25.6 Å². The summed E-state index contributed by atoms with van der Waals surface area (Å²) in [6.45, 7) is 1.75. The van der Waals surface area contributed by atoms with Gasteiger partial charge < -0.3 is 20.1 Å². The molecule has 2 aromatic heterocycles. The zero-order valence-electron chi connectivity index (χ0n) is 19.3. The highest BCUT2D eigenvalue weighted by Crippen LogP contribution is 2.40. The number of pyridine rings is 1. The quantitative estimate of drug-likeness (QED) is 0.485. The molecule has 1 saturated carbocycles. The maximum absolute atomic E-state index is 13.4. The lowest BCUT2D eigenvalue weighted by Crippen LogP contribution is -2.48. The molecular formula is C24H22F3N5O4. The summed E-state index contributed by atoms with van der Waals surface area (Å²) < 4.78 is 50.4. The Morgan fingerprint density at radius 3 is 2.31 bits per heavy atom. The van der Waals surface area contributed by atoms with Crippen LogP contribution in [-0.4, -0.2) is 39.4 Å². The maximum Gasteiger partial charge on any atom is 0.420 e. The number of amides is 2. The van der Waals surface area contributed by atoms with Crippen molar-refractivity contribution in [2.45, 2.75) is 38.0 Å². The number of benzene rings is 1. The number of hydrogen-bond donors (Lipinski definition) is 2.